The summed E-state index contributed by atoms with van der Waals surface area (Å²) in [4.78, 5) is 2.26. The molecule has 82 heavy (non-hydrogen) atoms. The fourth-order valence-corrected chi connectivity index (χ4v) is 12.4. The lowest BCUT2D eigenvalue weighted by molar-refractivity contribution is 0.610. The van der Waals surface area contributed by atoms with Gasteiger partial charge < -0.3 is 14.0 Å². The van der Waals surface area contributed by atoms with E-state index < -0.39 is 0 Å². The van der Waals surface area contributed by atoms with E-state index in [1.54, 1.807) is 0 Å². The molecule has 1 aliphatic carbocycles. The molecular weight excluding hydrogens is 1300 g/mol. The first-order chi connectivity index (χ1) is 39.4. The van der Waals surface area contributed by atoms with Gasteiger partial charge in [-0.2, -0.15) is 21.0 Å². The summed E-state index contributed by atoms with van der Waals surface area (Å²) in [6.45, 7) is 8.65. The van der Waals surface area contributed by atoms with E-state index in [1.165, 1.54) is 60.5 Å². The second-order valence-corrected chi connectivity index (χ2v) is 22.1. The van der Waals surface area contributed by atoms with Gasteiger partial charge in [-0.25, -0.2) is 0 Å². The highest BCUT2D eigenvalue weighted by molar-refractivity contribution is 15.0. The van der Waals surface area contributed by atoms with E-state index in [1.807, 2.05) is 60.7 Å². The van der Waals surface area contributed by atoms with Gasteiger partial charge in [0.1, 0.15) is 0 Å². The molecule has 0 N–H and O–H groups in total. The van der Waals surface area contributed by atoms with Crippen LogP contribution in [0.3, 0.4) is 0 Å². The number of fused-ring (bicyclic) bond motifs is 10. The first kappa shape index (κ1) is 56.8. The lowest BCUT2D eigenvalue weighted by Gasteiger charge is -2.42. The van der Waals surface area contributed by atoms with E-state index in [4.69, 9.17) is 10.5 Å². The van der Waals surface area contributed by atoms with Crippen LogP contribution in [-0.2, 0) is 17.3 Å². The Morgan fingerprint density at radius 2 is 0.707 bits per heavy atom. The molecule has 0 amide bonds. The van der Waals surface area contributed by atoms with Crippen molar-refractivity contribution >= 4 is 114 Å². The smallest absolute Gasteiger partial charge is 0.0991 e. The zero-order valence-corrected chi connectivity index (χ0v) is 50.7. The maximum atomic E-state index is 9.68. The van der Waals surface area contributed by atoms with Crippen LogP contribution in [0.5, 0.6) is 0 Å². The molecule has 0 unspecified atom stereocenters. The number of nitrogens with zero attached hydrogens (tertiary/aromatic N) is 7. The Morgan fingerprint density at radius 1 is 0.378 bits per heavy atom. The molecule has 398 valence electrons. The molecule has 0 spiro atoms. The first-order valence-electron chi connectivity index (χ1n) is 26.4. The molecule has 0 radical (unpaired) electrons. The van der Waals surface area contributed by atoms with E-state index in [0.717, 1.165) is 55.8 Å². The molecule has 10 aromatic carbocycles. The summed E-state index contributed by atoms with van der Waals surface area (Å²) in [5.41, 5.74) is 19.3. The van der Waals surface area contributed by atoms with Gasteiger partial charge in [0.05, 0.1) is 80.0 Å². The number of halogens is 3. The number of benzene rings is 10. The van der Waals surface area contributed by atoms with E-state index >= 15 is 0 Å². The monoisotopic (exact) mass is 1350 g/mol. The van der Waals surface area contributed by atoms with E-state index in [0.29, 0.717) is 22.3 Å². The normalized spacial score (nSPS) is 12.8. The van der Waals surface area contributed by atoms with Crippen LogP contribution in [0.2, 0.25) is 0 Å². The fourth-order valence-electron chi connectivity index (χ4n) is 12.1. The molecule has 3 heterocycles. The quantitative estimate of drug-likeness (QED) is 0.164. The number of rotatable bonds is 3. The lowest BCUT2D eigenvalue weighted by Crippen LogP contribution is -2.31. The second-order valence-electron chi connectivity index (χ2n) is 21.2. The Kier molecular flexibility index (Phi) is 16.3. The summed E-state index contributed by atoms with van der Waals surface area (Å²) in [6, 6.07) is 83.8. The Balaban J connectivity index is 0.000000148. The second kappa shape index (κ2) is 23.5. The zero-order valence-electron chi connectivity index (χ0n) is 44.8. The van der Waals surface area contributed by atoms with E-state index in [2.05, 4.69) is 277 Å². The number of aromatic nitrogens is 2. The number of anilines is 3. The minimum absolute atomic E-state index is 0. The summed E-state index contributed by atoms with van der Waals surface area (Å²) >= 11 is 7.80. The van der Waals surface area contributed by atoms with Gasteiger partial charge in [0.25, 0.3) is 0 Å². The van der Waals surface area contributed by atoms with E-state index in [-0.39, 0.29) is 18.3 Å². The van der Waals surface area contributed by atoms with Crippen molar-refractivity contribution in [3.63, 3.8) is 0 Å². The van der Waals surface area contributed by atoms with E-state index in [9.17, 15) is 10.5 Å². The highest BCUT2D eigenvalue weighted by atomic mass is 128. The third kappa shape index (κ3) is 10.1. The van der Waals surface area contributed by atoms with Crippen molar-refractivity contribution in [1.29, 1.82) is 21.0 Å². The summed E-state index contributed by atoms with van der Waals surface area (Å²) in [6.07, 6.45) is 0.867. The topological polar surface area (TPSA) is 108 Å². The molecule has 2 aliphatic rings. The summed E-state index contributed by atoms with van der Waals surface area (Å²) in [5.74, 6) is 0. The average Bonchev–Trinajstić information content (AvgIpc) is 4.18. The minimum atomic E-state index is -0.384. The lowest BCUT2D eigenvalue weighted by atomic mass is 9.68. The Labute approximate surface area is 511 Å². The third-order valence-electron chi connectivity index (χ3n) is 15.9. The number of hydrogen-bond donors (Lipinski definition) is 0. The van der Waals surface area contributed by atoms with Gasteiger partial charge in [-0.1, -0.05) is 148 Å². The SMILES string of the molecule is Brc1cccc(-n2c3ccccc3c3ccccc32)c1.C.CC1(C)c2cc(C#N)ccc2Cc2ccc(C#N)cc21.CC1(C)c2cc(C#N)ccc2N(c2cccc(-n3c4ccccc4c4ccccc43)c2)c2ccc(C#N)cc21.II. The van der Waals surface area contributed by atoms with Crippen LogP contribution in [0.25, 0.3) is 55.0 Å². The van der Waals surface area contributed by atoms with Gasteiger partial charge in [0.2, 0.25) is 0 Å². The molecule has 0 atom stereocenters. The number of para-hydroxylation sites is 4. The van der Waals surface area contributed by atoms with Crippen LogP contribution >= 0.6 is 53.2 Å². The van der Waals surface area contributed by atoms with Crippen molar-refractivity contribution in [2.75, 3.05) is 4.90 Å². The molecule has 0 fully saturated rings. The first-order valence-corrected chi connectivity index (χ1v) is 33.4. The summed E-state index contributed by atoms with van der Waals surface area (Å²) < 4.78 is 5.73. The predicted octanol–water partition coefficient (Wildman–Crippen LogP) is 20.2. The standard InChI is InChI=1S/C35H24N4.C18H12BrN.C18H14N2.CH4.I2/c1-35(2)29-18-23(21-36)14-16-33(29)39(34-17-15-24(22-37)19-30(34)35)26-9-7-8-25(20-26)38-31-12-5-3-10-27(31)28-11-4-6-13-32(28)38;19-13-6-5-7-14(12-13)20-17-10-3-1-8-15(17)16-9-2-4-11-18(16)20;1-18(2)16-7-12(10-19)3-5-14(16)9-15-6-4-13(11-20)8-17(15)18;;1-2/h3-20H,1-2H3;1-12H;3-8H,9H2,1-2H3;1H4;. The average molecular weight is 1350 g/mol. The maximum absolute atomic E-state index is 9.68. The Hall–Kier alpha value is -8.50. The van der Waals surface area contributed by atoms with Gasteiger partial charge in [-0.15, -0.1) is 0 Å². The van der Waals surface area contributed by atoms with Crippen LogP contribution in [-0.4, -0.2) is 9.13 Å². The molecule has 7 nitrogen and oxygen atoms in total. The third-order valence-corrected chi connectivity index (χ3v) is 16.4. The summed E-state index contributed by atoms with van der Waals surface area (Å²) in [5, 5.41) is 42.6. The van der Waals surface area contributed by atoms with Crippen LogP contribution in [0.1, 0.15) is 90.8 Å². The molecule has 0 bridgehead atoms. The molecule has 1 aliphatic heterocycles. The zero-order chi connectivity index (χ0) is 56.6. The van der Waals surface area contributed by atoms with Gasteiger partial charge in [-0.3, -0.25) is 0 Å². The Bertz CT molecular complexity index is 4390. The van der Waals surface area contributed by atoms with Gasteiger partial charge >= 0.3 is 0 Å². The largest absolute Gasteiger partial charge is 0.310 e. The molecule has 0 saturated carbocycles. The molecule has 14 rings (SSSR count). The Morgan fingerprint density at radius 3 is 1.10 bits per heavy atom. The molecule has 2 aromatic heterocycles. The van der Waals surface area contributed by atoms with Gasteiger partial charge in [0, 0.05) is 91.1 Å². The van der Waals surface area contributed by atoms with Crippen LogP contribution < -0.4 is 4.90 Å². The van der Waals surface area contributed by atoms with Crippen molar-refractivity contribution in [3.8, 4) is 35.7 Å². The highest BCUT2D eigenvalue weighted by Crippen LogP contribution is 2.53. The summed E-state index contributed by atoms with van der Waals surface area (Å²) in [7, 11) is 0. The molecule has 0 saturated heterocycles. The molecule has 10 heteroatoms. The maximum Gasteiger partial charge on any atom is 0.0991 e. The van der Waals surface area contributed by atoms with Crippen molar-refractivity contribution < 1.29 is 0 Å². The predicted molar refractivity (Wildman–Crippen MR) is 358 cm³/mol. The fraction of sp³-hybridized carbons (Fsp3) is 0.111. The minimum Gasteiger partial charge on any atom is -0.310 e. The number of hydrogen-bond acceptors (Lipinski definition) is 5. The van der Waals surface area contributed by atoms with Crippen LogP contribution in [0.15, 0.2) is 223 Å². The van der Waals surface area contributed by atoms with Crippen molar-refractivity contribution in [1.82, 2.24) is 9.13 Å². The van der Waals surface area contributed by atoms with Crippen molar-refractivity contribution in [2.45, 2.75) is 52.4 Å². The van der Waals surface area contributed by atoms with Gasteiger partial charge in [0.15, 0.2) is 0 Å². The van der Waals surface area contributed by atoms with Crippen molar-refractivity contribution in [2.24, 2.45) is 0 Å². The number of nitriles is 4. The highest BCUT2D eigenvalue weighted by Gasteiger charge is 2.38. The van der Waals surface area contributed by atoms with Gasteiger partial charge in [-0.05, 0) is 161 Å². The molecular formula is C72H54BrI2N7. The van der Waals surface area contributed by atoms with Crippen molar-refractivity contribution in [3.05, 3.63) is 278 Å². The van der Waals surface area contributed by atoms with Crippen LogP contribution in [0.4, 0.5) is 17.1 Å². The van der Waals surface area contributed by atoms with Crippen LogP contribution in [0, 0.1) is 45.3 Å². The molecule has 12 aromatic rings.